The number of carbonyl (C=O) groups is 2. The fraction of sp³-hybridized carbons (Fsp3) is 0.222. The number of aromatic carboxylic acids is 1. The van der Waals surface area contributed by atoms with Crippen LogP contribution in [0, 0.1) is 6.92 Å². The van der Waals surface area contributed by atoms with Crippen molar-refractivity contribution in [3.63, 3.8) is 0 Å². The van der Waals surface area contributed by atoms with E-state index in [1.807, 2.05) is 0 Å². The molecule has 0 bridgehead atoms. The highest BCUT2D eigenvalue weighted by molar-refractivity contribution is 7.89. The highest BCUT2D eigenvalue weighted by Crippen LogP contribution is 2.39. The van der Waals surface area contributed by atoms with E-state index in [-0.39, 0.29) is 29.3 Å². The zero-order chi connectivity index (χ0) is 21.6. The SMILES string of the molecule is Cc1c(C(=O)O)cn2ncnc(C3C(=O)Nc4ccc(S(=O)(=O)NCCO)cc43)c12. The molecular weight excluding hydrogens is 414 g/mol. The number of nitrogens with zero attached hydrogens (tertiary/aromatic N) is 3. The Morgan fingerprint density at radius 1 is 1.37 bits per heavy atom. The highest BCUT2D eigenvalue weighted by Gasteiger charge is 2.36. The van der Waals surface area contributed by atoms with Crippen molar-refractivity contribution in [3.05, 3.63) is 53.1 Å². The molecule has 0 saturated heterocycles. The Morgan fingerprint density at radius 3 is 2.83 bits per heavy atom. The number of benzene rings is 1. The third-order valence-corrected chi connectivity index (χ3v) is 6.39. The summed E-state index contributed by atoms with van der Waals surface area (Å²) in [5.74, 6) is -2.50. The van der Waals surface area contributed by atoms with Crippen molar-refractivity contribution in [2.75, 3.05) is 18.5 Å². The zero-order valence-electron chi connectivity index (χ0n) is 15.7. The van der Waals surface area contributed by atoms with Crippen LogP contribution in [0.4, 0.5) is 5.69 Å². The van der Waals surface area contributed by atoms with Crippen LogP contribution < -0.4 is 10.0 Å². The molecule has 1 unspecified atom stereocenters. The normalized spacial score (nSPS) is 15.9. The van der Waals surface area contributed by atoms with Gasteiger partial charge in [-0.05, 0) is 36.2 Å². The molecule has 0 spiro atoms. The van der Waals surface area contributed by atoms with Crippen molar-refractivity contribution in [2.24, 2.45) is 0 Å². The van der Waals surface area contributed by atoms with Gasteiger partial charge in [0, 0.05) is 18.4 Å². The maximum Gasteiger partial charge on any atom is 0.337 e. The number of aliphatic hydroxyl groups excluding tert-OH is 1. The molecule has 0 saturated carbocycles. The van der Waals surface area contributed by atoms with Gasteiger partial charge in [0.2, 0.25) is 15.9 Å². The average Bonchev–Trinajstić information content (AvgIpc) is 3.22. The topological polar surface area (TPSA) is 163 Å². The molecule has 3 aromatic rings. The molecule has 1 aliphatic heterocycles. The van der Waals surface area contributed by atoms with Gasteiger partial charge in [0.1, 0.15) is 12.2 Å². The number of anilines is 1. The van der Waals surface area contributed by atoms with Crippen LogP contribution in [0.25, 0.3) is 5.52 Å². The first-order valence-electron chi connectivity index (χ1n) is 8.86. The first-order valence-corrected chi connectivity index (χ1v) is 10.3. The molecule has 0 fully saturated rings. The number of aliphatic hydroxyl groups is 1. The number of amides is 1. The van der Waals surface area contributed by atoms with Gasteiger partial charge in [-0.3, -0.25) is 4.79 Å². The molecule has 3 heterocycles. The number of rotatable bonds is 6. The molecule has 4 rings (SSSR count). The Kier molecular flexibility index (Phi) is 4.76. The summed E-state index contributed by atoms with van der Waals surface area (Å²) in [6.07, 6.45) is 2.55. The molecule has 1 aliphatic rings. The summed E-state index contributed by atoms with van der Waals surface area (Å²) in [5.41, 5.74) is 1.89. The third kappa shape index (κ3) is 3.10. The molecule has 4 N–H and O–H groups in total. The van der Waals surface area contributed by atoms with Crippen LogP contribution in [-0.2, 0) is 14.8 Å². The Hall–Kier alpha value is -3.35. The van der Waals surface area contributed by atoms with Gasteiger partial charge in [-0.15, -0.1) is 0 Å². The van der Waals surface area contributed by atoms with Crippen molar-refractivity contribution >= 4 is 33.1 Å². The predicted octanol–water partition coefficient (Wildman–Crippen LogP) is 0.0905. The van der Waals surface area contributed by atoms with Gasteiger partial charge in [-0.1, -0.05) is 0 Å². The lowest BCUT2D eigenvalue weighted by atomic mass is 9.95. The van der Waals surface area contributed by atoms with Gasteiger partial charge in [0.25, 0.3) is 0 Å². The molecule has 1 amide bonds. The molecule has 2 aromatic heterocycles. The molecule has 11 nitrogen and oxygen atoms in total. The second kappa shape index (κ2) is 7.16. The number of hydrogen-bond donors (Lipinski definition) is 4. The fourth-order valence-electron chi connectivity index (χ4n) is 3.56. The number of aromatic nitrogens is 3. The second-order valence-corrected chi connectivity index (χ2v) is 8.47. The highest BCUT2D eigenvalue weighted by atomic mass is 32.2. The van der Waals surface area contributed by atoms with Crippen molar-refractivity contribution < 1.29 is 28.2 Å². The van der Waals surface area contributed by atoms with Crippen molar-refractivity contribution in [3.8, 4) is 0 Å². The van der Waals surface area contributed by atoms with Crippen LogP contribution in [0.15, 0.2) is 35.6 Å². The Labute approximate surface area is 170 Å². The predicted molar refractivity (Wildman–Crippen MR) is 104 cm³/mol. The standard InChI is InChI=1S/C18H17N5O6S/c1-9-12(18(26)27)7-23-16(9)15(19-8-20-23)14-11-6-10(30(28,29)21-4-5-24)2-3-13(11)22-17(14)25/h2-3,6-8,14,21,24H,4-5H2,1H3,(H,22,25)(H,26,27). The number of hydrogen-bond acceptors (Lipinski definition) is 7. The van der Waals surface area contributed by atoms with E-state index < -0.39 is 27.8 Å². The molecule has 1 atom stereocenters. The first-order chi connectivity index (χ1) is 14.2. The fourth-order valence-corrected chi connectivity index (χ4v) is 4.61. The summed E-state index contributed by atoms with van der Waals surface area (Å²) < 4.78 is 28.5. The third-order valence-electron chi connectivity index (χ3n) is 4.93. The molecular formula is C18H17N5O6S. The summed E-state index contributed by atoms with van der Waals surface area (Å²) >= 11 is 0. The van der Waals surface area contributed by atoms with Crippen LogP contribution in [0.1, 0.15) is 33.1 Å². The van der Waals surface area contributed by atoms with E-state index in [4.69, 9.17) is 5.11 Å². The lowest BCUT2D eigenvalue weighted by molar-refractivity contribution is -0.116. The summed E-state index contributed by atoms with van der Waals surface area (Å²) in [6.45, 7) is 1.10. The Balaban J connectivity index is 1.88. The quantitative estimate of drug-likeness (QED) is 0.427. The molecule has 0 radical (unpaired) electrons. The van der Waals surface area contributed by atoms with Crippen LogP contribution in [0.3, 0.4) is 0 Å². The summed E-state index contributed by atoms with van der Waals surface area (Å²) in [6, 6.07) is 4.20. The number of nitrogens with one attached hydrogen (secondary N) is 2. The van der Waals surface area contributed by atoms with Gasteiger partial charge < -0.3 is 15.5 Å². The van der Waals surface area contributed by atoms with Crippen molar-refractivity contribution in [1.29, 1.82) is 0 Å². The van der Waals surface area contributed by atoms with E-state index in [1.165, 1.54) is 35.2 Å². The van der Waals surface area contributed by atoms with E-state index >= 15 is 0 Å². The Morgan fingerprint density at radius 2 is 2.13 bits per heavy atom. The van der Waals surface area contributed by atoms with Gasteiger partial charge in [-0.25, -0.2) is 27.4 Å². The number of fused-ring (bicyclic) bond motifs is 2. The van der Waals surface area contributed by atoms with Crippen molar-refractivity contribution in [1.82, 2.24) is 19.3 Å². The van der Waals surface area contributed by atoms with E-state index in [9.17, 15) is 23.1 Å². The van der Waals surface area contributed by atoms with Gasteiger partial charge in [0.05, 0.1) is 28.3 Å². The largest absolute Gasteiger partial charge is 0.478 e. The minimum Gasteiger partial charge on any atom is -0.478 e. The first kappa shape index (κ1) is 19.9. The monoisotopic (exact) mass is 431 g/mol. The Bertz CT molecular complexity index is 1300. The van der Waals surface area contributed by atoms with Crippen LogP contribution >= 0.6 is 0 Å². The summed E-state index contributed by atoms with van der Waals surface area (Å²) in [4.78, 5) is 28.4. The minimum absolute atomic E-state index is 0.0277. The molecule has 156 valence electrons. The van der Waals surface area contributed by atoms with Crippen molar-refractivity contribution in [2.45, 2.75) is 17.7 Å². The van der Waals surface area contributed by atoms with Crippen LogP contribution in [0.2, 0.25) is 0 Å². The molecule has 1 aromatic carbocycles. The van der Waals surface area contributed by atoms with E-state index in [2.05, 4.69) is 20.1 Å². The van der Waals surface area contributed by atoms with Gasteiger partial charge in [0.15, 0.2) is 0 Å². The average molecular weight is 431 g/mol. The lowest BCUT2D eigenvalue weighted by Gasteiger charge is -2.12. The number of aryl methyl sites for hydroxylation is 1. The van der Waals surface area contributed by atoms with E-state index in [1.54, 1.807) is 6.92 Å². The maximum absolute atomic E-state index is 12.8. The van der Waals surface area contributed by atoms with E-state index in [0.717, 1.165) is 0 Å². The smallest absolute Gasteiger partial charge is 0.337 e. The number of carboxylic acid groups (broad SMARTS) is 1. The number of carbonyl (C=O) groups excluding carboxylic acids is 1. The molecule has 30 heavy (non-hydrogen) atoms. The van der Waals surface area contributed by atoms with Gasteiger partial charge >= 0.3 is 5.97 Å². The number of sulfonamides is 1. The summed E-state index contributed by atoms with van der Waals surface area (Å²) in [5, 5.41) is 25.0. The van der Waals surface area contributed by atoms with Crippen LogP contribution in [0.5, 0.6) is 0 Å². The molecule has 12 heteroatoms. The second-order valence-electron chi connectivity index (χ2n) is 6.70. The zero-order valence-corrected chi connectivity index (χ0v) is 16.5. The maximum atomic E-state index is 12.8. The summed E-state index contributed by atoms with van der Waals surface area (Å²) in [7, 11) is -3.89. The van der Waals surface area contributed by atoms with Crippen LogP contribution in [-0.4, -0.2) is 58.3 Å². The minimum atomic E-state index is -3.89. The number of carboxylic acids is 1. The van der Waals surface area contributed by atoms with E-state index in [0.29, 0.717) is 22.3 Å². The van der Waals surface area contributed by atoms with Gasteiger partial charge in [-0.2, -0.15) is 5.10 Å². The lowest BCUT2D eigenvalue weighted by Crippen LogP contribution is -2.26. The molecule has 0 aliphatic carbocycles.